The molecule has 1 aromatic rings. The second-order valence-electron chi connectivity index (χ2n) is 4.39. The van der Waals surface area contributed by atoms with Gasteiger partial charge in [-0.25, -0.2) is 0 Å². The standard InChI is InChI=1S/C14H18N2O2/c1-4-11(3)16(9-14(17)18)13-6-5-12(8-15)10(2)7-13/h5-7,11H,4,9H2,1-3H3,(H,17,18). The van der Waals surface area contributed by atoms with Crippen LogP contribution in [-0.4, -0.2) is 23.7 Å². The Labute approximate surface area is 107 Å². The lowest BCUT2D eigenvalue weighted by atomic mass is 10.1. The van der Waals surface area contributed by atoms with Crippen molar-refractivity contribution in [2.45, 2.75) is 33.2 Å². The molecule has 0 aliphatic carbocycles. The van der Waals surface area contributed by atoms with E-state index < -0.39 is 5.97 Å². The highest BCUT2D eigenvalue weighted by Crippen LogP contribution is 2.21. The van der Waals surface area contributed by atoms with Gasteiger partial charge in [-0.15, -0.1) is 0 Å². The number of aryl methyl sites for hydroxylation is 1. The minimum absolute atomic E-state index is 0.0274. The zero-order valence-electron chi connectivity index (χ0n) is 11.0. The van der Waals surface area contributed by atoms with Crippen LogP contribution in [0, 0.1) is 18.3 Å². The fourth-order valence-corrected chi connectivity index (χ4v) is 1.82. The predicted molar refractivity (Wildman–Crippen MR) is 70.6 cm³/mol. The van der Waals surface area contributed by atoms with Gasteiger partial charge >= 0.3 is 5.97 Å². The zero-order chi connectivity index (χ0) is 13.7. The molecule has 4 nitrogen and oxygen atoms in total. The lowest BCUT2D eigenvalue weighted by molar-refractivity contribution is -0.135. The van der Waals surface area contributed by atoms with Gasteiger partial charge in [0.2, 0.25) is 0 Å². The molecule has 0 aliphatic heterocycles. The number of rotatable bonds is 5. The first-order valence-electron chi connectivity index (χ1n) is 5.98. The van der Waals surface area contributed by atoms with E-state index in [1.807, 2.05) is 31.7 Å². The van der Waals surface area contributed by atoms with Gasteiger partial charge in [-0.2, -0.15) is 5.26 Å². The van der Waals surface area contributed by atoms with Crippen molar-refractivity contribution in [1.29, 1.82) is 5.26 Å². The summed E-state index contributed by atoms with van der Waals surface area (Å²) in [5.41, 5.74) is 2.34. The Hall–Kier alpha value is -2.02. The Kier molecular flexibility index (Phi) is 4.73. The molecule has 96 valence electrons. The summed E-state index contributed by atoms with van der Waals surface area (Å²) in [5.74, 6) is -0.850. The number of hydrogen-bond acceptors (Lipinski definition) is 3. The highest BCUT2D eigenvalue weighted by molar-refractivity contribution is 5.74. The summed E-state index contributed by atoms with van der Waals surface area (Å²) in [5, 5.41) is 17.9. The van der Waals surface area contributed by atoms with E-state index in [4.69, 9.17) is 10.4 Å². The minimum Gasteiger partial charge on any atom is -0.480 e. The largest absolute Gasteiger partial charge is 0.480 e. The van der Waals surface area contributed by atoms with Crippen LogP contribution >= 0.6 is 0 Å². The van der Waals surface area contributed by atoms with Crippen molar-refractivity contribution >= 4 is 11.7 Å². The summed E-state index contributed by atoms with van der Waals surface area (Å²) in [6.45, 7) is 5.85. The molecule has 4 heteroatoms. The Bertz CT molecular complexity index is 477. The second kappa shape index (κ2) is 6.06. The number of benzene rings is 1. The predicted octanol–water partition coefficient (Wildman–Crippen LogP) is 2.56. The third-order valence-corrected chi connectivity index (χ3v) is 3.09. The Morgan fingerprint density at radius 3 is 2.67 bits per heavy atom. The van der Waals surface area contributed by atoms with Gasteiger partial charge in [-0.1, -0.05) is 6.92 Å². The van der Waals surface area contributed by atoms with Crippen LogP contribution < -0.4 is 4.90 Å². The van der Waals surface area contributed by atoms with Crippen LogP contribution in [0.5, 0.6) is 0 Å². The van der Waals surface area contributed by atoms with Gasteiger partial charge in [0.1, 0.15) is 6.54 Å². The van der Waals surface area contributed by atoms with E-state index in [-0.39, 0.29) is 12.6 Å². The Morgan fingerprint density at radius 1 is 1.56 bits per heavy atom. The fraction of sp³-hybridized carbons (Fsp3) is 0.429. The molecule has 0 saturated carbocycles. The van der Waals surface area contributed by atoms with Crippen molar-refractivity contribution in [2.75, 3.05) is 11.4 Å². The quantitative estimate of drug-likeness (QED) is 0.867. The Morgan fingerprint density at radius 2 is 2.22 bits per heavy atom. The van der Waals surface area contributed by atoms with E-state index in [9.17, 15) is 4.79 Å². The molecule has 0 radical (unpaired) electrons. The zero-order valence-corrected chi connectivity index (χ0v) is 11.0. The lowest BCUT2D eigenvalue weighted by Crippen LogP contribution is -2.37. The molecule has 0 spiro atoms. The van der Waals surface area contributed by atoms with E-state index >= 15 is 0 Å². The summed E-state index contributed by atoms with van der Waals surface area (Å²) in [6, 6.07) is 7.67. The number of carbonyl (C=O) groups is 1. The summed E-state index contributed by atoms with van der Waals surface area (Å²) in [4.78, 5) is 12.8. The smallest absolute Gasteiger partial charge is 0.323 e. The topological polar surface area (TPSA) is 64.3 Å². The van der Waals surface area contributed by atoms with Crippen molar-refractivity contribution in [2.24, 2.45) is 0 Å². The van der Waals surface area contributed by atoms with Crippen molar-refractivity contribution in [3.05, 3.63) is 29.3 Å². The van der Waals surface area contributed by atoms with Crippen molar-refractivity contribution in [3.8, 4) is 6.07 Å². The summed E-state index contributed by atoms with van der Waals surface area (Å²) in [6.07, 6.45) is 0.867. The van der Waals surface area contributed by atoms with Crippen molar-refractivity contribution in [1.82, 2.24) is 0 Å². The molecule has 0 saturated heterocycles. The van der Waals surface area contributed by atoms with Crippen molar-refractivity contribution < 1.29 is 9.90 Å². The maximum atomic E-state index is 10.9. The van der Waals surface area contributed by atoms with Crippen LogP contribution in [0.25, 0.3) is 0 Å². The lowest BCUT2D eigenvalue weighted by Gasteiger charge is -2.29. The SMILES string of the molecule is CCC(C)N(CC(=O)O)c1ccc(C#N)c(C)c1. The number of hydrogen-bond donors (Lipinski definition) is 1. The maximum absolute atomic E-state index is 10.9. The molecule has 1 N–H and O–H groups in total. The molecule has 1 aromatic carbocycles. The van der Waals surface area contributed by atoms with E-state index in [2.05, 4.69) is 6.07 Å². The van der Waals surface area contributed by atoms with Crippen LogP contribution in [0.15, 0.2) is 18.2 Å². The third kappa shape index (κ3) is 3.24. The molecule has 1 rings (SSSR count). The normalized spacial score (nSPS) is 11.7. The van der Waals surface area contributed by atoms with Gasteiger partial charge in [0.05, 0.1) is 11.6 Å². The monoisotopic (exact) mass is 246 g/mol. The van der Waals surface area contributed by atoms with E-state index in [1.165, 1.54) is 0 Å². The van der Waals surface area contributed by atoms with Crippen LogP contribution in [0.1, 0.15) is 31.4 Å². The van der Waals surface area contributed by atoms with Gasteiger partial charge in [0.25, 0.3) is 0 Å². The molecule has 0 fully saturated rings. The highest BCUT2D eigenvalue weighted by Gasteiger charge is 2.16. The molecule has 1 atom stereocenters. The third-order valence-electron chi connectivity index (χ3n) is 3.09. The summed E-state index contributed by atoms with van der Waals surface area (Å²) >= 11 is 0. The van der Waals surface area contributed by atoms with Gasteiger partial charge in [0.15, 0.2) is 0 Å². The average Bonchev–Trinajstić information content (AvgIpc) is 2.34. The van der Waals surface area contributed by atoms with Gasteiger partial charge in [-0.3, -0.25) is 4.79 Å². The van der Waals surface area contributed by atoms with Crippen LogP contribution in [0.4, 0.5) is 5.69 Å². The molecule has 1 unspecified atom stereocenters. The first-order chi connectivity index (χ1) is 8.49. The summed E-state index contributed by atoms with van der Waals surface area (Å²) < 4.78 is 0. The van der Waals surface area contributed by atoms with Gasteiger partial charge in [-0.05, 0) is 44.0 Å². The van der Waals surface area contributed by atoms with Gasteiger partial charge in [0, 0.05) is 11.7 Å². The first-order valence-corrected chi connectivity index (χ1v) is 5.98. The van der Waals surface area contributed by atoms with E-state index in [0.29, 0.717) is 5.56 Å². The number of nitriles is 1. The van der Waals surface area contributed by atoms with Crippen LogP contribution in [0.3, 0.4) is 0 Å². The fourth-order valence-electron chi connectivity index (χ4n) is 1.82. The van der Waals surface area contributed by atoms with E-state index in [1.54, 1.807) is 12.1 Å². The number of carboxylic acid groups (broad SMARTS) is 1. The van der Waals surface area contributed by atoms with Crippen LogP contribution in [0.2, 0.25) is 0 Å². The average molecular weight is 246 g/mol. The minimum atomic E-state index is -0.850. The molecule has 18 heavy (non-hydrogen) atoms. The molecular weight excluding hydrogens is 228 g/mol. The molecule has 0 bridgehead atoms. The number of anilines is 1. The number of carboxylic acids is 1. The molecule has 0 aliphatic rings. The highest BCUT2D eigenvalue weighted by atomic mass is 16.4. The molecular formula is C14H18N2O2. The Balaban J connectivity index is 3.09. The molecule has 0 aromatic heterocycles. The van der Waals surface area contributed by atoms with Gasteiger partial charge < -0.3 is 10.0 Å². The maximum Gasteiger partial charge on any atom is 0.323 e. The van der Waals surface area contributed by atoms with E-state index in [0.717, 1.165) is 17.7 Å². The van der Waals surface area contributed by atoms with Crippen LogP contribution in [-0.2, 0) is 4.79 Å². The first kappa shape index (κ1) is 14.0. The number of nitrogens with zero attached hydrogens (tertiary/aromatic N) is 2. The number of aliphatic carboxylic acids is 1. The second-order valence-corrected chi connectivity index (χ2v) is 4.39. The van der Waals surface area contributed by atoms with Crippen molar-refractivity contribution in [3.63, 3.8) is 0 Å². The molecule has 0 amide bonds. The summed E-state index contributed by atoms with van der Waals surface area (Å²) in [7, 11) is 0. The molecule has 0 heterocycles.